The third-order valence-electron chi connectivity index (χ3n) is 6.88. The van der Waals surface area contributed by atoms with Crippen molar-refractivity contribution in [2.45, 2.75) is 25.3 Å². The molecule has 164 valence electrons. The molecule has 1 fully saturated rings. The molecule has 0 unspecified atom stereocenters. The second-order valence-corrected chi connectivity index (χ2v) is 8.75. The van der Waals surface area contributed by atoms with Gasteiger partial charge in [-0.15, -0.1) is 0 Å². The summed E-state index contributed by atoms with van der Waals surface area (Å²) >= 11 is 0. The van der Waals surface area contributed by atoms with E-state index in [4.69, 9.17) is 4.74 Å². The first kappa shape index (κ1) is 20.8. The molecule has 5 rings (SSSR count). The topological polar surface area (TPSA) is 32.8 Å². The molecule has 1 heterocycles. The van der Waals surface area contributed by atoms with Crippen molar-refractivity contribution in [3.63, 3.8) is 0 Å². The largest absolute Gasteiger partial charge is 0.497 e. The molecule has 0 saturated carbocycles. The number of carbonyl (C=O) groups excluding carboxylic acids is 1. The monoisotopic (exact) mass is 426 g/mol. The Morgan fingerprint density at radius 3 is 2.09 bits per heavy atom. The predicted molar refractivity (Wildman–Crippen MR) is 127 cm³/mol. The highest BCUT2D eigenvalue weighted by Gasteiger charge is 2.31. The number of fused-ring (bicyclic) bond motifs is 2. The highest BCUT2D eigenvalue weighted by Crippen LogP contribution is 2.37. The van der Waals surface area contributed by atoms with Crippen molar-refractivity contribution in [1.82, 2.24) is 9.80 Å². The zero-order valence-corrected chi connectivity index (χ0v) is 18.7. The van der Waals surface area contributed by atoms with Crippen LogP contribution in [0, 0.1) is 0 Å². The van der Waals surface area contributed by atoms with Gasteiger partial charge in [-0.1, -0.05) is 60.7 Å². The molecule has 0 atom stereocenters. The molecule has 0 bridgehead atoms. The number of nitrogens with zero attached hydrogens (tertiary/aromatic N) is 2. The Morgan fingerprint density at radius 1 is 0.844 bits per heavy atom. The first-order chi connectivity index (χ1) is 15.7. The number of amides is 1. The van der Waals surface area contributed by atoms with Crippen molar-refractivity contribution < 1.29 is 9.53 Å². The van der Waals surface area contributed by atoms with E-state index in [0.29, 0.717) is 6.42 Å². The van der Waals surface area contributed by atoms with Crippen molar-refractivity contribution in [3.05, 3.63) is 101 Å². The van der Waals surface area contributed by atoms with Crippen LogP contribution in [0.2, 0.25) is 0 Å². The van der Waals surface area contributed by atoms with Gasteiger partial charge in [0.15, 0.2) is 0 Å². The fraction of sp³-hybridized carbons (Fsp3) is 0.321. The molecule has 4 heteroatoms. The zero-order valence-electron chi connectivity index (χ0n) is 18.7. The molecular formula is C28H30N2O2. The van der Waals surface area contributed by atoms with E-state index in [2.05, 4.69) is 53.4 Å². The molecule has 2 aliphatic rings. The number of hydrogen-bond donors (Lipinski definition) is 0. The summed E-state index contributed by atoms with van der Waals surface area (Å²) in [5, 5.41) is 0. The number of rotatable bonds is 4. The molecule has 0 N–H and O–H groups in total. The first-order valence-corrected chi connectivity index (χ1v) is 11.5. The van der Waals surface area contributed by atoms with Crippen LogP contribution < -0.4 is 4.74 Å². The molecule has 4 nitrogen and oxygen atoms in total. The van der Waals surface area contributed by atoms with Crippen molar-refractivity contribution in [2.75, 3.05) is 33.3 Å². The number of methoxy groups -OCH3 is 1. The van der Waals surface area contributed by atoms with Gasteiger partial charge in [-0.2, -0.15) is 0 Å². The van der Waals surface area contributed by atoms with E-state index in [1.165, 1.54) is 22.3 Å². The normalized spacial score (nSPS) is 16.7. The highest BCUT2D eigenvalue weighted by molar-refractivity contribution is 5.79. The van der Waals surface area contributed by atoms with Gasteiger partial charge in [0, 0.05) is 26.2 Å². The fourth-order valence-corrected chi connectivity index (χ4v) is 5.19. The minimum Gasteiger partial charge on any atom is -0.497 e. The minimum absolute atomic E-state index is 0.194. The van der Waals surface area contributed by atoms with Crippen LogP contribution in [0.3, 0.4) is 0 Å². The summed E-state index contributed by atoms with van der Waals surface area (Å²) < 4.78 is 5.30. The Bertz CT molecular complexity index is 1050. The van der Waals surface area contributed by atoms with Crippen LogP contribution in [0.1, 0.15) is 33.9 Å². The Hall–Kier alpha value is -3.11. The van der Waals surface area contributed by atoms with E-state index >= 15 is 0 Å². The standard InChI is InChI=1S/C28H30N2O2/c1-32-24-10-6-7-21(19-24)20-27(31)29-15-17-30(18-16-29)28-25-11-4-2-8-22(25)13-14-23-9-3-5-12-26(23)28/h2-12,19,28H,13-18,20H2,1H3. The lowest BCUT2D eigenvalue weighted by Gasteiger charge is -2.40. The second-order valence-electron chi connectivity index (χ2n) is 8.75. The molecule has 1 aliphatic carbocycles. The molecule has 32 heavy (non-hydrogen) atoms. The number of benzene rings is 3. The maximum atomic E-state index is 13.0. The fourth-order valence-electron chi connectivity index (χ4n) is 5.19. The second kappa shape index (κ2) is 9.17. The van der Waals surface area contributed by atoms with Crippen molar-refractivity contribution in [1.29, 1.82) is 0 Å². The number of hydrogen-bond acceptors (Lipinski definition) is 3. The zero-order chi connectivity index (χ0) is 21.9. The summed E-state index contributed by atoms with van der Waals surface area (Å²) in [6.07, 6.45) is 2.59. The van der Waals surface area contributed by atoms with E-state index < -0.39 is 0 Å². The summed E-state index contributed by atoms with van der Waals surface area (Å²) in [5.41, 5.74) is 6.75. The molecule has 0 spiro atoms. The molecule has 3 aromatic carbocycles. The van der Waals surface area contributed by atoms with Crippen LogP contribution in [0.5, 0.6) is 5.75 Å². The highest BCUT2D eigenvalue weighted by atomic mass is 16.5. The van der Waals surface area contributed by atoms with E-state index in [-0.39, 0.29) is 11.9 Å². The maximum absolute atomic E-state index is 13.0. The lowest BCUT2D eigenvalue weighted by molar-refractivity contribution is -0.132. The van der Waals surface area contributed by atoms with Gasteiger partial charge in [0.1, 0.15) is 5.75 Å². The maximum Gasteiger partial charge on any atom is 0.227 e. The third kappa shape index (κ3) is 4.15. The van der Waals surface area contributed by atoms with Crippen molar-refractivity contribution in [3.8, 4) is 5.75 Å². The summed E-state index contributed by atoms with van der Waals surface area (Å²) in [7, 11) is 1.66. The average molecular weight is 427 g/mol. The van der Waals surface area contributed by atoms with E-state index in [0.717, 1.165) is 50.3 Å². The van der Waals surface area contributed by atoms with Gasteiger partial charge in [-0.05, 0) is 52.8 Å². The molecule has 1 aliphatic heterocycles. The van der Waals surface area contributed by atoms with Crippen LogP contribution in [0.15, 0.2) is 72.8 Å². The number of piperazine rings is 1. The van der Waals surface area contributed by atoms with Crippen LogP contribution in [0.25, 0.3) is 0 Å². The molecular weight excluding hydrogens is 396 g/mol. The lowest BCUT2D eigenvalue weighted by Crippen LogP contribution is -2.50. The molecule has 1 amide bonds. The van der Waals surface area contributed by atoms with Gasteiger partial charge in [0.2, 0.25) is 5.91 Å². The van der Waals surface area contributed by atoms with Gasteiger partial charge in [-0.3, -0.25) is 9.69 Å². The van der Waals surface area contributed by atoms with Crippen LogP contribution in [-0.2, 0) is 24.1 Å². The van der Waals surface area contributed by atoms with E-state index in [1.54, 1.807) is 7.11 Å². The summed E-state index contributed by atoms with van der Waals surface area (Å²) in [5.74, 6) is 0.991. The molecule has 3 aromatic rings. The van der Waals surface area contributed by atoms with Gasteiger partial charge < -0.3 is 9.64 Å². The lowest BCUT2D eigenvalue weighted by atomic mass is 9.92. The van der Waals surface area contributed by atoms with Gasteiger partial charge >= 0.3 is 0 Å². The first-order valence-electron chi connectivity index (χ1n) is 11.5. The van der Waals surface area contributed by atoms with Crippen molar-refractivity contribution in [2.24, 2.45) is 0 Å². The SMILES string of the molecule is COc1cccc(CC(=O)N2CCN(C3c4ccccc4CCc4ccccc43)CC2)c1. The number of aryl methyl sites for hydroxylation is 2. The summed E-state index contributed by atoms with van der Waals surface area (Å²) in [6, 6.07) is 25.8. The molecule has 0 aromatic heterocycles. The van der Waals surface area contributed by atoms with Crippen LogP contribution in [0.4, 0.5) is 0 Å². The molecule has 0 radical (unpaired) electrons. The Kier molecular flexibility index (Phi) is 5.95. The Morgan fingerprint density at radius 2 is 1.47 bits per heavy atom. The Labute approximate surface area is 190 Å². The van der Waals surface area contributed by atoms with Gasteiger partial charge in [0.25, 0.3) is 0 Å². The average Bonchev–Trinajstić information content (AvgIpc) is 3.01. The van der Waals surface area contributed by atoms with Gasteiger partial charge in [-0.25, -0.2) is 0 Å². The smallest absolute Gasteiger partial charge is 0.227 e. The number of carbonyl (C=O) groups is 1. The quantitative estimate of drug-likeness (QED) is 0.625. The number of ether oxygens (including phenoxy) is 1. The van der Waals surface area contributed by atoms with Gasteiger partial charge in [0.05, 0.1) is 19.6 Å². The predicted octanol–water partition coefficient (Wildman–Crippen LogP) is 4.27. The Balaban J connectivity index is 1.32. The summed E-state index contributed by atoms with van der Waals surface area (Å²) in [4.78, 5) is 17.6. The summed E-state index contributed by atoms with van der Waals surface area (Å²) in [6.45, 7) is 3.31. The van der Waals surface area contributed by atoms with Crippen molar-refractivity contribution >= 4 is 5.91 Å². The van der Waals surface area contributed by atoms with Crippen LogP contribution in [-0.4, -0.2) is 49.0 Å². The minimum atomic E-state index is 0.194. The van der Waals surface area contributed by atoms with E-state index in [1.807, 2.05) is 29.2 Å². The van der Waals surface area contributed by atoms with E-state index in [9.17, 15) is 4.79 Å². The molecule has 1 saturated heterocycles. The third-order valence-corrected chi connectivity index (χ3v) is 6.88. The van der Waals surface area contributed by atoms with Crippen LogP contribution >= 0.6 is 0 Å².